The minimum Gasteiger partial charge on any atom is -0.297 e. The third-order valence-corrected chi connectivity index (χ3v) is 4.70. The quantitative estimate of drug-likeness (QED) is 0.712. The smallest absolute Gasteiger partial charge is 0.107 e. The molecule has 1 heterocycles. The molecule has 0 saturated carbocycles. The minimum absolute atomic E-state index is 0.943. The Kier molecular flexibility index (Phi) is 6.54. The van der Waals surface area contributed by atoms with Crippen LogP contribution in [0.3, 0.4) is 0 Å². The molecule has 4 heteroatoms. The summed E-state index contributed by atoms with van der Waals surface area (Å²) in [6, 6.07) is 0. The van der Waals surface area contributed by atoms with E-state index in [0.717, 1.165) is 31.4 Å². The molecule has 1 aromatic heterocycles. The summed E-state index contributed by atoms with van der Waals surface area (Å²) in [5.74, 6) is 0. The molecule has 0 aliphatic carbocycles. The third kappa shape index (κ3) is 3.82. The maximum atomic E-state index is 4.75. The Morgan fingerprint density at radius 3 is 2.44 bits per heavy atom. The van der Waals surface area contributed by atoms with Crippen LogP contribution in [0.4, 0.5) is 0 Å². The molecule has 0 bridgehead atoms. The zero-order valence-electron chi connectivity index (χ0n) is 10.4. The van der Waals surface area contributed by atoms with E-state index in [1.54, 1.807) is 0 Å². The average molecular weight is 305 g/mol. The van der Waals surface area contributed by atoms with Gasteiger partial charge in [-0.1, -0.05) is 43.1 Å². The van der Waals surface area contributed by atoms with Crippen LogP contribution in [0.5, 0.6) is 0 Å². The molecule has 0 unspecified atom stereocenters. The molecule has 0 fully saturated rings. The summed E-state index contributed by atoms with van der Waals surface area (Å²) in [5.41, 5.74) is 1.30. The van der Waals surface area contributed by atoms with E-state index < -0.39 is 0 Å². The van der Waals surface area contributed by atoms with Gasteiger partial charge in [0.1, 0.15) is 5.01 Å². The van der Waals surface area contributed by atoms with Gasteiger partial charge < -0.3 is 0 Å². The van der Waals surface area contributed by atoms with Gasteiger partial charge in [0.25, 0.3) is 0 Å². The maximum Gasteiger partial charge on any atom is 0.107 e. The van der Waals surface area contributed by atoms with Crippen LogP contribution in [0, 0.1) is 0 Å². The molecule has 0 spiro atoms. The van der Waals surface area contributed by atoms with Gasteiger partial charge in [0.05, 0.1) is 12.2 Å². The lowest BCUT2D eigenvalue weighted by atomic mass is 10.2. The van der Waals surface area contributed by atoms with E-state index in [1.807, 2.05) is 11.3 Å². The van der Waals surface area contributed by atoms with Gasteiger partial charge in [0, 0.05) is 10.2 Å². The molecule has 0 radical (unpaired) electrons. The summed E-state index contributed by atoms with van der Waals surface area (Å²) >= 11 is 5.41. The van der Waals surface area contributed by atoms with Gasteiger partial charge >= 0.3 is 0 Å². The lowest BCUT2D eigenvalue weighted by molar-refractivity contribution is 0.295. The van der Waals surface area contributed by atoms with Crippen LogP contribution in [0.2, 0.25) is 0 Å². The van der Waals surface area contributed by atoms with Crippen LogP contribution in [-0.4, -0.2) is 23.0 Å². The first-order chi connectivity index (χ1) is 7.74. The number of halogens is 1. The molecule has 0 aromatic carbocycles. The predicted octanol–water partition coefficient (Wildman–Crippen LogP) is 3.83. The first-order valence-electron chi connectivity index (χ1n) is 6.00. The molecule has 0 amide bonds. The molecule has 2 nitrogen and oxygen atoms in total. The Morgan fingerprint density at radius 1 is 1.25 bits per heavy atom. The molecule has 1 rings (SSSR count). The van der Waals surface area contributed by atoms with Crippen molar-refractivity contribution >= 4 is 27.3 Å². The molecule has 0 N–H and O–H groups in total. The summed E-state index contributed by atoms with van der Waals surface area (Å²) in [7, 11) is 0. The topological polar surface area (TPSA) is 16.1 Å². The second-order valence-electron chi connectivity index (χ2n) is 3.82. The molecule has 92 valence electrons. The molecule has 0 aliphatic heterocycles. The standard InChI is InChI=1S/C12H21BrN2S/c1-4-7-10-11(8-13)16-12(14-10)9-15(5-2)6-3/h4-9H2,1-3H3. The van der Waals surface area contributed by atoms with Crippen molar-refractivity contribution < 1.29 is 0 Å². The zero-order chi connectivity index (χ0) is 12.0. The van der Waals surface area contributed by atoms with E-state index in [1.165, 1.54) is 22.0 Å². The van der Waals surface area contributed by atoms with Gasteiger partial charge in [-0.05, 0) is 19.5 Å². The molecule has 0 saturated heterocycles. The lowest BCUT2D eigenvalue weighted by Crippen LogP contribution is -2.21. The lowest BCUT2D eigenvalue weighted by Gasteiger charge is -2.15. The number of thiazole rings is 1. The van der Waals surface area contributed by atoms with Crippen LogP contribution in [0.1, 0.15) is 42.8 Å². The Labute approximate surface area is 111 Å². The largest absolute Gasteiger partial charge is 0.297 e. The number of hydrogen-bond donors (Lipinski definition) is 0. The molecular weight excluding hydrogens is 284 g/mol. The fraction of sp³-hybridized carbons (Fsp3) is 0.750. The van der Waals surface area contributed by atoms with Crippen molar-refractivity contribution in [2.45, 2.75) is 45.5 Å². The highest BCUT2D eigenvalue weighted by Gasteiger charge is 2.11. The third-order valence-electron chi connectivity index (χ3n) is 2.68. The van der Waals surface area contributed by atoms with E-state index in [4.69, 9.17) is 4.98 Å². The van der Waals surface area contributed by atoms with Crippen molar-refractivity contribution in [3.8, 4) is 0 Å². The van der Waals surface area contributed by atoms with E-state index in [0.29, 0.717) is 0 Å². The highest BCUT2D eigenvalue weighted by atomic mass is 79.9. The van der Waals surface area contributed by atoms with Crippen molar-refractivity contribution in [2.24, 2.45) is 0 Å². The first kappa shape index (κ1) is 14.1. The van der Waals surface area contributed by atoms with Gasteiger partial charge in [-0.2, -0.15) is 0 Å². The van der Waals surface area contributed by atoms with Crippen LogP contribution in [-0.2, 0) is 18.3 Å². The van der Waals surface area contributed by atoms with Crippen LogP contribution >= 0.6 is 27.3 Å². The summed E-state index contributed by atoms with van der Waals surface area (Å²) < 4.78 is 0. The first-order valence-corrected chi connectivity index (χ1v) is 7.94. The van der Waals surface area contributed by atoms with Gasteiger partial charge in [-0.25, -0.2) is 4.98 Å². The van der Waals surface area contributed by atoms with E-state index >= 15 is 0 Å². The van der Waals surface area contributed by atoms with Crippen molar-refractivity contribution in [3.05, 3.63) is 15.6 Å². The Morgan fingerprint density at radius 2 is 1.94 bits per heavy atom. The van der Waals surface area contributed by atoms with Crippen LogP contribution in [0.15, 0.2) is 0 Å². The minimum atomic E-state index is 0.943. The second kappa shape index (κ2) is 7.41. The summed E-state index contributed by atoms with van der Waals surface area (Å²) in [6.45, 7) is 9.82. The maximum absolute atomic E-state index is 4.75. The molecular formula is C12H21BrN2S. The summed E-state index contributed by atoms with van der Waals surface area (Å²) in [4.78, 5) is 8.57. The summed E-state index contributed by atoms with van der Waals surface area (Å²) in [6.07, 6.45) is 2.28. The fourth-order valence-corrected chi connectivity index (χ4v) is 3.35. The monoisotopic (exact) mass is 304 g/mol. The Balaban J connectivity index is 2.73. The van der Waals surface area contributed by atoms with E-state index in [-0.39, 0.29) is 0 Å². The normalized spacial score (nSPS) is 11.3. The number of aryl methyl sites for hydroxylation is 1. The molecule has 16 heavy (non-hydrogen) atoms. The van der Waals surface area contributed by atoms with Crippen molar-refractivity contribution in [2.75, 3.05) is 13.1 Å². The molecule has 0 atom stereocenters. The Hall–Kier alpha value is 0.0700. The fourth-order valence-electron chi connectivity index (χ4n) is 1.68. The van der Waals surface area contributed by atoms with Crippen LogP contribution in [0.25, 0.3) is 0 Å². The number of alkyl halides is 1. The van der Waals surface area contributed by atoms with Gasteiger partial charge in [0.2, 0.25) is 0 Å². The highest BCUT2D eigenvalue weighted by Crippen LogP contribution is 2.23. The zero-order valence-corrected chi connectivity index (χ0v) is 12.8. The second-order valence-corrected chi connectivity index (χ2v) is 5.55. The number of nitrogens with zero attached hydrogens (tertiary/aromatic N) is 2. The van der Waals surface area contributed by atoms with Crippen molar-refractivity contribution in [1.82, 2.24) is 9.88 Å². The SMILES string of the molecule is CCCc1nc(CN(CC)CC)sc1CBr. The number of rotatable bonds is 7. The molecule has 0 aliphatic rings. The van der Waals surface area contributed by atoms with Crippen molar-refractivity contribution in [3.63, 3.8) is 0 Å². The van der Waals surface area contributed by atoms with Crippen LogP contribution < -0.4 is 0 Å². The average Bonchev–Trinajstić information content (AvgIpc) is 2.68. The number of hydrogen-bond acceptors (Lipinski definition) is 3. The van der Waals surface area contributed by atoms with Gasteiger partial charge in [-0.15, -0.1) is 11.3 Å². The summed E-state index contributed by atoms with van der Waals surface area (Å²) in [5, 5.41) is 2.21. The van der Waals surface area contributed by atoms with Crippen molar-refractivity contribution in [1.29, 1.82) is 0 Å². The molecule has 1 aromatic rings. The highest BCUT2D eigenvalue weighted by molar-refractivity contribution is 9.08. The number of aromatic nitrogens is 1. The Bertz CT molecular complexity index is 308. The van der Waals surface area contributed by atoms with Gasteiger partial charge in [0.15, 0.2) is 0 Å². The van der Waals surface area contributed by atoms with E-state index in [9.17, 15) is 0 Å². The predicted molar refractivity (Wildman–Crippen MR) is 75.4 cm³/mol. The van der Waals surface area contributed by atoms with Gasteiger partial charge in [-0.3, -0.25) is 4.90 Å². The van der Waals surface area contributed by atoms with E-state index in [2.05, 4.69) is 41.6 Å².